The molecule has 1 amide bonds. The number of amides is 1. The molecule has 0 spiro atoms. The van der Waals surface area contributed by atoms with Crippen LogP contribution in [0, 0.1) is 17.0 Å². The highest BCUT2D eigenvalue weighted by atomic mass is 35.5. The van der Waals surface area contributed by atoms with Gasteiger partial charge in [-0.3, -0.25) is 14.9 Å². The van der Waals surface area contributed by atoms with E-state index in [0.717, 1.165) is 6.07 Å². The van der Waals surface area contributed by atoms with E-state index in [0.29, 0.717) is 16.3 Å². The van der Waals surface area contributed by atoms with Crippen molar-refractivity contribution in [1.29, 1.82) is 0 Å². The Hall–Kier alpha value is -2.93. The highest BCUT2D eigenvalue weighted by Gasteiger charge is 2.21. The van der Waals surface area contributed by atoms with E-state index in [9.17, 15) is 19.7 Å². The lowest BCUT2D eigenvalue weighted by molar-refractivity contribution is -0.385. The van der Waals surface area contributed by atoms with Crippen molar-refractivity contribution < 1.29 is 19.2 Å². The van der Waals surface area contributed by atoms with Gasteiger partial charge in [0.2, 0.25) is 0 Å². The first-order valence-corrected chi connectivity index (χ1v) is 7.68. The fourth-order valence-electron chi connectivity index (χ4n) is 1.99. The number of esters is 1. The highest BCUT2D eigenvalue weighted by molar-refractivity contribution is 6.30. The molecular formula is C17H15ClN2O5. The molecule has 0 unspecified atom stereocenters. The molecule has 0 fully saturated rings. The monoisotopic (exact) mass is 362 g/mol. The number of hydrogen-bond donors (Lipinski definition) is 1. The molecule has 0 aromatic heterocycles. The zero-order chi connectivity index (χ0) is 18.6. The second kappa shape index (κ2) is 7.76. The Morgan fingerprint density at radius 1 is 1.20 bits per heavy atom. The lowest BCUT2D eigenvalue weighted by Gasteiger charge is -2.13. The van der Waals surface area contributed by atoms with Gasteiger partial charge in [-0.15, -0.1) is 0 Å². The summed E-state index contributed by atoms with van der Waals surface area (Å²) in [7, 11) is 0. The summed E-state index contributed by atoms with van der Waals surface area (Å²) in [6.45, 7) is 2.97. The predicted octanol–water partition coefficient (Wildman–Crippen LogP) is 3.74. The number of nitrogens with zero attached hydrogens (tertiary/aromatic N) is 1. The quantitative estimate of drug-likeness (QED) is 0.496. The molecule has 0 heterocycles. The van der Waals surface area contributed by atoms with Gasteiger partial charge in [-0.2, -0.15) is 0 Å². The first-order chi connectivity index (χ1) is 11.8. The number of ether oxygens (including phenoxy) is 1. The van der Waals surface area contributed by atoms with E-state index in [1.807, 2.05) is 0 Å². The van der Waals surface area contributed by atoms with Crippen molar-refractivity contribution in [3.05, 3.63) is 68.7 Å². The van der Waals surface area contributed by atoms with E-state index in [4.69, 9.17) is 16.3 Å². The smallest absolute Gasteiger partial charge is 0.339 e. The number of nitro benzene ring substituents is 1. The molecule has 7 nitrogen and oxygen atoms in total. The van der Waals surface area contributed by atoms with Gasteiger partial charge in [0.05, 0.1) is 10.5 Å². The van der Waals surface area contributed by atoms with Crippen LogP contribution in [0.2, 0.25) is 5.02 Å². The summed E-state index contributed by atoms with van der Waals surface area (Å²) in [4.78, 5) is 34.5. The topological polar surface area (TPSA) is 98.5 Å². The van der Waals surface area contributed by atoms with Gasteiger partial charge in [0.25, 0.3) is 11.6 Å². The minimum Gasteiger partial charge on any atom is -0.449 e. The third-order valence-corrected chi connectivity index (χ3v) is 3.66. The number of benzene rings is 2. The number of anilines is 1. The van der Waals surface area contributed by atoms with Gasteiger partial charge in [0.1, 0.15) is 0 Å². The third kappa shape index (κ3) is 4.77. The molecule has 0 aliphatic heterocycles. The van der Waals surface area contributed by atoms with E-state index in [2.05, 4.69) is 5.32 Å². The first-order valence-electron chi connectivity index (χ1n) is 7.30. The molecule has 8 heteroatoms. The maximum Gasteiger partial charge on any atom is 0.339 e. The Balaban J connectivity index is 2.04. The maximum atomic E-state index is 12.1. The van der Waals surface area contributed by atoms with Crippen molar-refractivity contribution in [2.45, 2.75) is 20.0 Å². The van der Waals surface area contributed by atoms with Crippen LogP contribution in [-0.2, 0) is 9.53 Å². The van der Waals surface area contributed by atoms with E-state index >= 15 is 0 Å². The zero-order valence-electron chi connectivity index (χ0n) is 13.5. The van der Waals surface area contributed by atoms with Crippen LogP contribution in [0.15, 0.2) is 42.5 Å². The van der Waals surface area contributed by atoms with Gasteiger partial charge in [-0.1, -0.05) is 17.7 Å². The molecule has 0 radical (unpaired) electrons. The number of aryl methyl sites for hydroxylation is 1. The number of carbonyl (C=O) groups is 2. The van der Waals surface area contributed by atoms with Crippen molar-refractivity contribution >= 4 is 34.9 Å². The van der Waals surface area contributed by atoms with E-state index in [-0.39, 0.29) is 11.3 Å². The summed E-state index contributed by atoms with van der Waals surface area (Å²) in [5.74, 6) is -1.35. The SMILES string of the molecule is Cc1ccc(C(=O)O[C@H](C)C(=O)Nc2ccc(Cl)cc2)cc1[N+](=O)[O-]. The molecule has 2 rings (SSSR count). The molecule has 1 atom stereocenters. The summed E-state index contributed by atoms with van der Waals surface area (Å²) in [5, 5.41) is 14.0. The maximum absolute atomic E-state index is 12.1. The first kappa shape index (κ1) is 18.4. The van der Waals surface area contributed by atoms with E-state index in [1.54, 1.807) is 31.2 Å². The summed E-state index contributed by atoms with van der Waals surface area (Å²) in [5.41, 5.74) is 0.745. The number of nitro groups is 1. The molecule has 25 heavy (non-hydrogen) atoms. The van der Waals surface area contributed by atoms with Crippen LogP contribution in [0.4, 0.5) is 11.4 Å². The summed E-state index contributed by atoms with van der Waals surface area (Å²) in [6.07, 6.45) is -1.08. The number of nitrogens with one attached hydrogen (secondary N) is 1. The molecule has 0 saturated heterocycles. The van der Waals surface area contributed by atoms with Crippen molar-refractivity contribution in [2.75, 3.05) is 5.32 Å². The van der Waals surface area contributed by atoms with Crippen LogP contribution in [-0.4, -0.2) is 22.9 Å². The molecule has 2 aromatic rings. The van der Waals surface area contributed by atoms with Gasteiger partial charge in [-0.05, 0) is 44.2 Å². The van der Waals surface area contributed by atoms with Gasteiger partial charge < -0.3 is 10.1 Å². The molecule has 0 bridgehead atoms. The predicted molar refractivity (Wildman–Crippen MR) is 92.8 cm³/mol. The van der Waals surface area contributed by atoms with Crippen LogP contribution in [0.3, 0.4) is 0 Å². The Morgan fingerprint density at radius 3 is 2.44 bits per heavy atom. The Morgan fingerprint density at radius 2 is 1.84 bits per heavy atom. The molecule has 0 aliphatic rings. The fraction of sp³-hybridized carbons (Fsp3) is 0.176. The molecular weight excluding hydrogens is 348 g/mol. The molecule has 0 aliphatic carbocycles. The van der Waals surface area contributed by atoms with Gasteiger partial charge in [0, 0.05) is 22.3 Å². The van der Waals surface area contributed by atoms with Crippen molar-refractivity contribution in [2.24, 2.45) is 0 Å². The molecule has 1 N–H and O–H groups in total. The average Bonchev–Trinajstić information content (AvgIpc) is 2.56. The Bertz CT molecular complexity index is 820. The molecule has 0 saturated carbocycles. The molecule has 130 valence electrons. The Kier molecular flexibility index (Phi) is 5.71. The Labute approximate surface area is 148 Å². The summed E-state index contributed by atoms with van der Waals surface area (Å²) in [6, 6.07) is 10.4. The molecule has 2 aromatic carbocycles. The fourth-order valence-corrected chi connectivity index (χ4v) is 2.12. The lowest BCUT2D eigenvalue weighted by atomic mass is 10.1. The second-order valence-corrected chi connectivity index (χ2v) is 5.74. The minimum absolute atomic E-state index is 0.00319. The standard InChI is InChI=1S/C17H15ClN2O5/c1-10-3-4-12(9-15(10)20(23)24)17(22)25-11(2)16(21)19-14-7-5-13(18)6-8-14/h3-9,11H,1-2H3,(H,19,21)/t11-/m1/s1. The van der Waals surface area contributed by atoms with E-state index in [1.165, 1.54) is 19.1 Å². The number of hydrogen-bond acceptors (Lipinski definition) is 5. The summed E-state index contributed by atoms with van der Waals surface area (Å²) < 4.78 is 5.07. The minimum atomic E-state index is -1.08. The highest BCUT2D eigenvalue weighted by Crippen LogP contribution is 2.20. The van der Waals surface area contributed by atoms with Crippen molar-refractivity contribution in [3.8, 4) is 0 Å². The normalized spacial score (nSPS) is 11.5. The summed E-state index contributed by atoms with van der Waals surface area (Å²) >= 11 is 5.76. The number of carbonyl (C=O) groups excluding carboxylic acids is 2. The van der Waals surface area contributed by atoms with Crippen LogP contribution in [0.1, 0.15) is 22.8 Å². The average molecular weight is 363 g/mol. The number of halogens is 1. The lowest BCUT2D eigenvalue weighted by Crippen LogP contribution is -2.30. The van der Waals surface area contributed by atoms with Gasteiger partial charge >= 0.3 is 5.97 Å². The van der Waals surface area contributed by atoms with Crippen LogP contribution >= 0.6 is 11.6 Å². The van der Waals surface area contributed by atoms with Gasteiger partial charge in [0.15, 0.2) is 6.10 Å². The zero-order valence-corrected chi connectivity index (χ0v) is 14.2. The van der Waals surface area contributed by atoms with Crippen LogP contribution in [0.5, 0.6) is 0 Å². The number of rotatable bonds is 5. The van der Waals surface area contributed by atoms with Crippen LogP contribution < -0.4 is 5.32 Å². The largest absolute Gasteiger partial charge is 0.449 e. The van der Waals surface area contributed by atoms with Gasteiger partial charge in [-0.25, -0.2) is 4.79 Å². The van der Waals surface area contributed by atoms with Crippen molar-refractivity contribution in [3.63, 3.8) is 0 Å². The van der Waals surface area contributed by atoms with Crippen molar-refractivity contribution in [1.82, 2.24) is 0 Å². The van der Waals surface area contributed by atoms with E-state index < -0.39 is 22.9 Å². The third-order valence-electron chi connectivity index (χ3n) is 3.41. The second-order valence-electron chi connectivity index (χ2n) is 5.30. The van der Waals surface area contributed by atoms with Crippen LogP contribution in [0.25, 0.3) is 0 Å².